The van der Waals surface area contributed by atoms with Crippen molar-refractivity contribution in [2.24, 2.45) is 0 Å². The number of aryl methyl sites for hydroxylation is 2. The van der Waals surface area contributed by atoms with Crippen molar-refractivity contribution >= 4 is 0 Å². The largest absolute Gasteiger partial charge is 0.0891 e. The summed E-state index contributed by atoms with van der Waals surface area (Å²) in [5, 5.41) is 0. The summed E-state index contributed by atoms with van der Waals surface area (Å²) in [7, 11) is 0. The maximum absolute atomic E-state index is 6.85. The first kappa shape index (κ1) is 14.8. The summed E-state index contributed by atoms with van der Waals surface area (Å²) in [6.45, 7) is 2.25. The van der Waals surface area contributed by atoms with E-state index in [9.17, 15) is 0 Å². The molecule has 97 valence electrons. The Morgan fingerprint density at radius 1 is 0.833 bits per heavy atom. The van der Waals surface area contributed by atoms with Crippen LogP contribution in [-0.2, 0) is 12.8 Å². The van der Waals surface area contributed by atoms with E-state index in [1.165, 1.54) is 56.1 Å². The van der Waals surface area contributed by atoms with Crippen molar-refractivity contribution in [1.82, 2.24) is 0 Å². The molecule has 0 unspecified atom stereocenters. The van der Waals surface area contributed by atoms with Gasteiger partial charge in [-0.1, -0.05) is 56.4 Å². The van der Waals surface area contributed by atoms with Crippen LogP contribution in [0.4, 0.5) is 0 Å². The van der Waals surface area contributed by atoms with Crippen molar-refractivity contribution in [2.75, 3.05) is 0 Å². The molecule has 0 saturated heterocycles. The third-order valence-electron chi connectivity index (χ3n) is 3.36. The monoisotopic (exact) mass is 241 g/mol. The maximum Gasteiger partial charge on any atom is 0.00989 e. The van der Waals surface area contributed by atoms with Crippen LogP contribution >= 0.6 is 0 Å². The van der Waals surface area contributed by atoms with Crippen LogP contribution < -0.4 is 0 Å². The fourth-order valence-corrected chi connectivity index (χ4v) is 2.17. The van der Waals surface area contributed by atoms with Gasteiger partial charge >= 0.3 is 0 Å². The van der Waals surface area contributed by atoms with Crippen LogP contribution in [0.3, 0.4) is 0 Å². The highest BCUT2D eigenvalue weighted by atomic mass is 14.0. The van der Waals surface area contributed by atoms with Crippen LogP contribution in [0.15, 0.2) is 24.3 Å². The molecule has 1 aromatic rings. The summed E-state index contributed by atoms with van der Waals surface area (Å²) >= 11 is 0. The van der Waals surface area contributed by atoms with Gasteiger partial charge in [0.25, 0.3) is 0 Å². The van der Waals surface area contributed by atoms with Crippen LogP contribution in [0.5, 0.6) is 0 Å². The Hall–Kier alpha value is -1.22. The lowest BCUT2D eigenvalue weighted by Gasteiger charge is -2.04. The Morgan fingerprint density at radius 3 is 1.89 bits per heavy atom. The lowest BCUT2D eigenvalue weighted by molar-refractivity contribution is 0.691. The molecule has 0 bridgehead atoms. The highest BCUT2D eigenvalue weighted by molar-refractivity contribution is 5.22. The van der Waals surface area contributed by atoms with Crippen molar-refractivity contribution in [1.29, 1.82) is 0 Å². The smallest absolute Gasteiger partial charge is 0.00989 e. The Labute approximate surface area is 113 Å². The normalized spacial score (nSPS) is 10.2. The molecule has 0 aliphatic carbocycles. The van der Waals surface area contributed by atoms with Crippen molar-refractivity contribution < 1.29 is 0 Å². The van der Waals surface area contributed by atoms with Crippen molar-refractivity contribution in [2.45, 2.75) is 64.7 Å². The Bertz CT molecular complexity index is 339. The van der Waals surface area contributed by atoms with Gasteiger partial charge < -0.3 is 0 Å². The van der Waals surface area contributed by atoms with Gasteiger partial charge in [-0.05, 0) is 49.7 Å². The summed E-state index contributed by atoms with van der Waals surface area (Å²) in [6, 6.07) is 9.14. The van der Waals surface area contributed by atoms with Gasteiger partial charge in [-0.15, -0.1) is 0 Å². The summed E-state index contributed by atoms with van der Waals surface area (Å²) < 4.78 is 0. The average molecular weight is 241 g/mol. The molecular weight excluding hydrogens is 216 g/mol. The first-order valence-corrected chi connectivity index (χ1v) is 7.34. The summed E-state index contributed by atoms with van der Waals surface area (Å²) in [6.07, 6.45) is 17.6. The SMILES string of the molecule is [C]#CCCCCCc1ccc(CCCCC)cc1. The highest BCUT2D eigenvalue weighted by Crippen LogP contribution is 2.11. The minimum atomic E-state index is 0.816. The van der Waals surface area contributed by atoms with Gasteiger partial charge in [-0.3, -0.25) is 0 Å². The van der Waals surface area contributed by atoms with Gasteiger partial charge in [0.05, 0.1) is 0 Å². The van der Waals surface area contributed by atoms with Crippen molar-refractivity contribution in [3.05, 3.63) is 41.8 Å². The summed E-state index contributed by atoms with van der Waals surface area (Å²) in [5.41, 5.74) is 2.93. The number of rotatable bonds is 9. The van der Waals surface area contributed by atoms with Gasteiger partial charge in [0.15, 0.2) is 0 Å². The molecule has 0 aliphatic rings. The van der Waals surface area contributed by atoms with E-state index in [0.717, 1.165) is 12.8 Å². The molecule has 0 N–H and O–H groups in total. The van der Waals surface area contributed by atoms with E-state index in [1.807, 2.05) is 0 Å². The van der Waals surface area contributed by atoms with Crippen LogP contribution in [0.25, 0.3) is 0 Å². The van der Waals surface area contributed by atoms with Gasteiger partial charge in [0, 0.05) is 6.42 Å². The number of unbranched alkanes of at least 4 members (excludes halogenated alkanes) is 5. The number of hydrogen-bond donors (Lipinski definition) is 0. The Morgan fingerprint density at radius 2 is 1.39 bits per heavy atom. The average Bonchev–Trinajstić information content (AvgIpc) is 2.40. The van der Waals surface area contributed by atoms with Crippen LogP contribution in [0, 0.1) is 12.3 Å². The van der Waals surface area contributed by atoms with Crippen molar-refractivity contribution in [3.63, 3.8) is 0 Å². The van der Waals surface area contributed by atoms with Crippen LogP contribution in [0.2, 0.25) is 0 Å². The molecular formula is C18H25. The Kier molecular flexibility index (Phi) is 8.06. The maximum atomic E-state index is 6.85. The van der Waals surface area contributed by atoms with Gasteiger partial charge in [-0.2, -0.15) is 0 Å². The predicted molar refractivity (Wildman–Crippen MR) is 79.0 cm³/mol. The highest BCUT2D eigenvalue weighted by Gasteiger charge is 1.96. The molecule has 0 heteroatoms. The molecule has 0 fully saturated rings. The lowest BCUT2D eigenvalue weighted by Crippen LogP contribution is -1.89. The lowest BCUT2D eigenvalue weighted by atomic mass is 10.0. The zero-order valence-electron chi connectivity index (χ0n) is 11.7. The molecule has 18 heavy (non-hydrogen) atoms. The van der Waals surface area contributed by atoms with E-state index in [4.69, 9.17) is 6.42 Å². The van der Waals surface area contributed by atoms with E-state index in [0.29, 0.717) is 0 Å². The van der Waals surface area contributed by atoms with Gasteiger partial charge in [0.1, 0.15) is 0 Å². The fourth-order valence-electron chi connectivity index (χ4n) is 2.17. The number of benzene rings is 1. The zero-order chi connectivity index (χ0) is 13.1. The molecule has 0 amide bonds. The van der Waals surface area contributed by atoms with E-state index >= 15 is 0 Å². The zero-order valence-corrected chi connectivity index (χ0v) is 11.7. The molecule has 0 aromatic heterocycles. The molecule has 1 radical (unpaired) electrons. The minimum absolute atomic E-state index is 0.816. The van der Waals surface area contributed by atoms with E-state index in [1.54, 1.807) is 0 Å². The van der Waals surface area contributed by atoms with Crippen molar-refractivity contribution in [3.8, 4) is 5.92 Å². The van der Waals surface area contributed by atoms with E-state index < -0.39 is 0 Å². The molecule has 0 heterocycles. The number of hydrogen-bond acceptors (Lipinski definition) is 0. The Balaban J connectivity index is 2.21. The van der Waals surface area contributed by atoms with E-state index in [2.05, 4.69) is 37.1 Å². The second kappa shape index (κ2) is 9.77. The minimum Gasteiger partial charge on any atom is -0.0891 e. The van der Waals surface area contributed by atoms with Gasteiger partial charge in [-0.25, -0.2) is 0 Å². The fraction of sp³-hybridized carbons (Fsp3) is 0.556. The molecule has 0 nitrogen and oxygen atoms in total. The topological polar surface area (TPSA) is 0 Å². The molecule has 0 saturated carbocycles. The second-order valence-electron chi connectivity index (χ2n) is 5.01. The third kappa shape index (κ3) is 6.50. The standard InChI is InChI=1S/C18H25/c1-3-5-7-8-10-12-18-15-13-17(14-16-18)11-9-6-4-2/h13-16H,4-12H2,2H3. The second-order valence-corrected chi connectivity index (χ2v) is 5.01. The molecule has 1 aromatic carbocycles. The molecule has 0 atom stereocenters. The summed E-state index contributed by atoms with van der Waals surface area (Å²) in [5.74, 6) is 2.45. The van der Waals surface area contributed by atoms with Gasteiger partial charge in [0.2, 0.25) is 0 Å². The predicted octanol–water partition coefficient (Wildman–Crippen LogP) is 5.11. The van der Waals surface area contributed by atoms with E-state index in [-0.39, 0.29) is 0 Å². The third-order valence-corrected chi connectivity index (χ3v) is 3.36. The molecule has 0 aliphatic heterocycles. The first-order valence-electron chi connectivity index (χ1n) is 7.34. The first-order chi connectivity index (χ1) is 8.86. The molecule has 0 spiro atoms. The summed E-state index contributed by atoms with van der Waals surface area (Å²) in [4.78, 5) is 0. The molecule has 1 rings (SSSR count). The van der Waals surface area contributed by atoms with Crippen LogP contribution in [-0.4, -0.2) is 0 Å². The quantitative estimate of drug-likeness (QED) is 0.416. The van der Waals surface area contributed by atoms with Crippen LogP contribution in [0.1, 0.15) is 63.0 Å².